The van der Waals surface area contributed by atoms with E-state index in [0.717, 1.165) is 58.0 Å². The lowest BCUT2D eigenvalue weighted by molar-refractivity contribution is 0.201. The first-order valence-corrected chi connectivity index (χ1v) is 9.61. The number of benzene rings is 1. The molecule has 1 N–H and O–H groups in total. The van der Waals surface area contributed by atoms with E-state index >= 15 is 0 Å². The molecule has 128 valence electrons. The average Bonchev–Trinajstić information content (AvgIpc) is 3.03. The molecule has 3 heterocycles. The van der Waals surface area contributed by atoms with Gasteiger partial charge in [0.2, 0.25) is 0 Å². The van der Waals surface area contributed by atoms with Crippen LogP contribution >= 0.6 is 11.3 Å². The molecule has 2 aliphatic heterocycles. The SMILES string of the molecule is COCCN1CCOc2cc3c(c(-c4ccsc4)c21)CCNCC3. The second-order valence-electron chi connectivity index (χ2n) is 6.33. The number of rotatable bonds is 4. The van der Waals surface area contributed by atoms with Crippen LogP contribution in [0.25, 0.3) is 11.1 Å². The fraction of sp³-hybridized carbons (Fsp3) is 0.474. The van der Waals surface area contributed by atoms with Gasteiger partial charge >= 0.3 is 0 Å². The summed E-state index contributed by atoms with van der Waals surface area (Å²) >= 11 is 1.76. The van der Waals surface area contributed by atoms with Gasteiger partial charge < -0.3 is 19.7 Å². The van der Waals surface area contributed by atoms with Gasteiger partial charge in [0.05, 0.1) is 18.8 Å². The predicted octanol–water partition coefficient (Wildman–Crippen LogP) is 2.95. The molecule has 1 aromatic carbocycles. The lowest BCUT2D eigenvalue weighted by Gasteiger charge is -2.34. The van der Waals surface area contributed by atoms with E-state index in [-0.39, 0.29) is 0 Å². The van der Waals surface area contributed by atoms with Crippen LogP contribution in [-0.4, -0.2) is 46.5 Å². The Hall–Kier alpha value is -1.56. The minimum atomic E-state index is 0.737. The standard InChI is InChI=1S/C19H24N2O2S/c1-22-9-7-21-8-10-23-17-12-14-2-5-20-6-3-16(14)18(19(17)21)15-4-11-24-13-15/h4,11-13,20H,2-3,5-10H2,1H3. The lowest BCUT2D eigenvalue weighted by Crippen LogP contribution is -2.36. The van der Waals surface area contributed by atoms with Gasteiger partial charge in [-0.2, -0.15) is 11.3 Å². The summed E-state index contributed by atoms with van der Waals surface area (Å²) in [4.78, 5) is 2.44. The molecule has 0 spiro atoms. The second kappa shape index (κ2) is 7.13. The number of hydrogen-bond donors (Lipinski definition) is 1. The Bertz CT molecular complexity index is 700. The Labute approximate surface area is 147 Å². The molecule has 2 aliphatic rings. The van der Waals surface area contributed by atoms with Crippen molar-refractivity contribution in [3.05, 3.63) is 34.0 Å². The predicted molar refractivity (Wildman–Crippen MR) is 99.6 cm³/mol. The topological polar surface area (TPSA) is 33.7 Å². The molecule has 0 saturated heterocycles. The maximum Gasteiger partial charge on any atom is 0.143 e. The first-order valence-electron chi connectivity index (χ1n) is 8.67. The maximum absolute atomic E-state index is 6.08. The van der Waals surface area contributed by atoms with Crippen molar-refractivity contribution < 1.29 is 9.47 Å². The van der Waals surface area contributed by atoms with Gasteiger partial charge in [-0.1, -0.05) is 0 Å². The Morgan fingerprint density at radius 1 is 1.33 bits per heavy atom. The molecule has 24 heavy (non-hydrogen) atoms. The Morgan fingerprint density at radius 3 is 3.08 bits per heavy atom. The fourth-order valence-electron chi connectivity index (χ4n) is 3.75. The summed E-state index contributed by atoms with van der Waals surface area (Å²) in [5, 5.41) is 7.96. The van der Waals surface area contributed by atoms with Gasteiger partial charge in [0.15, 0.2) is 0 Å². The van der Waals surface area contributed by atoms with E-state index < -0.39 is 0 Å². The van der Waals surface area contributed by atoms with Crippen molar-refractivity contribution >= 4 is 17.0 Å². The summed E-state index contributed by atoms with van der Waals surface area (Å²) in [6.07, 6.45) is 2.15. The Morgan fingerprint density at radius 2 is 2.25 bits per heavy atom. The zero-order valence-electron chi connectivity index (χ0n) is 14.1. The van der Waals surface area contributed by atoms with Crippen LogP contribution < -0.4 is 15.0 Å². The Kier molecular flexibility index (Phi) is 4.74. The van der Waals surface area contributed by atoms with E-state index in [1.807, 2.05) is 0 Å². The van der Waals surface area contributed by atoms with E-state index in [1.54, 1.807) is 18.4 Å². The van der Waals surface area contributed by atoms with Crippen LogP contribution in [0.1, 0.15) is 11.1 Å². The normalized spacial score (nSPS) is 17.0. The van der Waals surface area contributed by atoms with Gasteiger partial charge in [-0.25, -0.2) is 0 Å². The third-order valence-electron chi connectivity index (χ3n) is 4.90. The fourth-order valence-corrected chi connectivity index (χ4v) is 4.40. The highest BCUT2D eigenvalue weighted by Crippen LogP contribution is 2.45. The van der Waals surface area contributed by atoms with E-state index in [1.165, 1.54) is 27.9 Å². The highest BCUT2D eigenvalue weighted by molar-refractivity contribution is 7.08. The molecule has 4 rings (SSSR count). The number of thiophene rings is 1. The first kappa shape index (κ1) is 15.9. The van der Waals surface area contributed by atoms with Gasteiger partial charge in [0.1, 0.15) is 12.4 Å². The number of fused-ring (bicyclic) bond motifs is 2. The maximum atomic E-state index is 6.08. The van der Waals surface area contributed by atoms with Gasteiger partial charge in [-0.05, 0) is 65.5 Å². The third kappa shape index (κ3) is 2.92. The monoisotopic (exact) mass is 344 g/mol. The molecule has 5 heteroatoms. The highest BCUT2D eigenvalue weighted by atomic mass is 32.1. The smallest absolute Gasteiger partial charge is 0.143 e. The number of hydrogen-bond acceptors (Lipinski definition) is 5. The second-order valence-corrected chi connectivity index (χ2v) is 7.11. The van der Waals surface area contributed by atoms with Gasteiger partial charge in [0, 0.05) is 19.2 Å². The van der Waals surface area contributed by atoms with Crippen molar-refractivity contribution in [3.8, 4) is 16.9 Å². The van der Waals surface area contributed by atoms with Gasteiger partial charge in [-0.15, -0.1) is 0 Å². The van der Waals surface area contributed by atoms with E-state index in [2.05, 4.69) is 33.1 Å². The van der Waals surface area contributed by atoms with E-state index in [9.17, 15) is 0 Å². The van der Waals surface area contributed by atoms with Crippen LogP contribution in [0.15, 0.2) is 22.9 Å². The molecule has 2 aromatic rings. The molecular weight excluding hydrogens is 320 g/mol. The minimum Gasteiger partial charge on any atom is -0.490 e. The summed E-state index contributed by atoms with van der Waals surface area (Å²) in [5.41, 5.74) is 6.89. The number of nitrogens with one attached hydrogen (secondary N) is 1. The summed E-state index contributed by atoms with van der Waals surface area (Å²) in [6, 6.07) is 4.52. The number of methoxy groups -OCH3 is 1. The lowest BCUT2D eigenvalue weighted by atomic mass is 9.90. The van der Waals surface area contributed by atoms with Crippen LogP contribution in [0.3, 0.4) is 0 Å². The molecule has 0 saturated carbocycles. The summed E-state index contributed by atoms with van der Waals surface area (Å²) in [6.45, 7) is 5.40. The molecule has 0 radical (unpaired) electrons. The zero-order chi connectivity index (χ0) is 16.4. The molecule has 0 unspecified atom stereocenters. The highest BCUT2D eigenvalue weighted by Gasteiger charge is 2.27. The minimum absolute atomic E-state index is 0.737. The van der Waals surface area contributed by atoms with Crippen molar-refractivity contribution in [1.29, 1.82) is 0 Å². The molecule has 0 fully saturated rings. The van der Waals surface area contributed by atoms with Crippen molar-refractivity contribution in [2.75, 3.05) is 51.4 Å². The van der Waals surface area contributed by atoms with Crippen LogP contribution in [0.4, 0.5) is 5.69 Å². The molecule has 0 amide bonds. The summed E-state index contributed by atoms with van der Waals surface area (Å²) in [7, 11) is 1.77. The molecule has 0 bridgehead atoms. The number of nitrogens with zero attached hydrogens (tertiary/aromatic N) is 1. The summed E-state index contributed by atoms with van der Waals surface area (Å²) in [5.74, 6) is 1.04. The van der Waals surface area contributed by atoms with Gasteiger partial charge in [-0.3, -0.25) is 0 Å². The van der Waals surface area contributed by atoms with Crippen LogP contribution in [0.2, 0.25) is 0 Å². The molecule has 1 aromatic heterocycles. The van der Waals surface area contributed by atoms with Crippen LogP contribution in [-0.2, 0) is 17.6 Å². The number of ether oxygens (including phenoxy) is 2. The van der Waals surface area contributed by atoms with Crippen LogP contribution in [0, 0.1) is 0 Å². The Balaban J connectivity index is 1.89. The number of anilines is 1. The zero-order valence-corrected chi connectivity index (χ0v) is 15.0. The van der Waals surface area contributed by atoms with Crippen LogP contribution in [0.5, 0.6) is 5.75 Å². The molecule has 4 nitrogen and oxygen atoms in total. The van der Waals surface area contributed by atoms with Gasteiger partial charge in [0.25, 0.3) is 0 Å². The van der Waals surface area contributed by atoms with E-state index in [4.69, 9.17) is 9.47 Å². The molecular formula is C19H24N2O2S. The molecule has 0 atom stereocenters. The van der Waals surface area contributed by atoms with Crippen molar-refractivity contribution in [2.24, 2.45) is 0 Å². The first-order chi connectivity index (χ1) is 11.9. The van der Waals surface area contributed by atoms with Crippen molar-refractivity contribution in [1.82, 2.24) is 5.32 Å². The van der Waals surface area contributed by atoms with Crippen molar-refractivity contribution in [2.45, 2.75) is 12.8 Å². The largest absolute Gasteiger partial charge is 0.490 e. The van der Waals surface area contributed by atoms with E-state index in [0.29, 0.717) is 0 Å². The molecule has 0 aliphatic carbocycles. The summed E-state index contributed by atoms with van der Waals surface area (Å²) < 4.78 is 11.4. The van der Waals surface area contributed by atoms with Crippen molar-refractivity contribution in [3.63, 3.8) is 0 Å². The average molecular weight is 344 g/mol. The third-order valence-corrected chi connectivity index (χ3v) is 5.58. The quantitative estimate of drug-likeness (QED) is 0.925.